The van der Waals surface area contributed by atoms with E-state index in [1.165, 1.54) is 11.8 Å². The number of anilines is 1. The number of ketones is 1. The minimum absolute atomic E-state index is 0.139. The average molecular weight is 461 g/mol. The number of rotatable bonds is 7. The number of nitrogens with zero attached hydrogens (tertiary/aromatic N) is 3. The van der Waals surface area contributed by atoms with Crippen LogP contribution < -0.4 is 10.2 Å². The fourth-order valence-corrected chi connectivity index (χ4v) is 4.32. The van der Waals surface area contributed by atoms with E-state index in [4.69, 9.17) is 4.42 Å². The van der Waals surface area contributed by atoms with E-state index in [2.05, 4.69) is 15.5 Å². The molecule has 1 aromatic heterocycles. The molecule has 0 saturated carbocycles. The minimum atomic E-state index is -0.864. The van der Waals surface area contributed by atoms with Gasteiger partial charge >= 0.3 is 0 Å². The van der Waals surface area contributed by atoms with Gasteiger partial charge in [0.1, 0.15) is 6.04 Å². The van der Waals surface area contributed by atoms with Crippen LogP contribution in [0.1, 0.15) is 54.0 Å². The first-order valence-corrected chi connectivity index (χ1v) is 11.3. The fraction of sp³-hybridized carbons (Fsp3) is 0.346. The second-order valence-electron chi connectivity index (χ2n) is 9.00. The van der Waals surface area contributed by atoms with Crippen molar-refractivity contribution in [1.82, 2.24) is 15.5 Å². The normalized spacial score (nSPS) is 15.8. The number of aromatic nitrogens is 2. The summed E-state index contributed by atoms with van der Waals surface area (Å²) in [7, 11) is 0. The van der Waals surface area contributed by atoms with Crippen molar-refractivity contribution >= 4 is 23.3 Å². The number of nitrogens with one attached hydrogen (secondary N) is 1. The van der Waals surface area contributed by atoms with Crippen molar-refractivity contribution in [2.75, 3.05) is 4.90 Å². The summed E-state index contributed by atoms with van der Waals surface area (Å²) in [5, 5.41) is 10.8. The van der Waals surface area contributed by atoms with E-state index in [1.54, 1.807) is 0 Å². The number of Topliss-reactive ketones (excluding diaryl/α,β-unsaturated/α-hetero) is 1. The molecule has 0 saturated heterocycles. The summed E-state index contributed by atoms with van der Waals surface area (Å²) in [6.07, 6.45) is 0.802. The van der Waals surface area contributed by atoms with E-state index in [1.807, 2.05) is 69.3 Å². The Morgan fingerprint density at radius 2 is 1.88 bits per heavy atom. The quantitative estimate of drug-likeness (QED) is 0.543. The monoisotopic (exact) mass is 460 g/mol. The third-order valence-corrected chi connectivity index (χ3v) is 5.98. The van der Waals surface area contributed by atoms with Crippen molar-refractivity contribution in [3.63, 3.8) is 0 Å². The van der Waals surface area contributed by atoms with Crippen LogP contribution in [0.3, 0.4) is 0 Å². The molecule has 1 unspecified atom stereocenters. The van der Waals surface area contributed by atoms with Gasteiger partial charge in [0.2, 0.25) is 23.5 Å². The number of carbonyl (C=O) groups excluding carboxylic acids is 3. The molecule has 2 heterocycles. The highest BCUT2D eigenvalue weighted by molar-refractivity contribution is 6.04. The lowest BCUT2D eigenvalue weighted by Crippen LogP contribution is -2.53. The van der Waals surface area contributed by atoms with Gasteiger partial charge < -0.3 is 9.73 Å². The lowest BCUT2D eigenvalue weighted by molar-refractivity contribution is -0.126. The highest BCUT2D eigenvalue weighted by atomic mass is 16.4. The molecular formula is C26H28N4O4. The number of benzene rings is 2. The van der Waals surface area contributed by atoms with Gasteiger partial charge in [-0.1, -0.05) is 61.9 Å². The molecule has 3 aromatic rings. The Labute approximate surface area is 198 Å². The molecule has 2 aromatic carbocycles. The summed E-state index contributed by atoms with van der Waals surface area (Å²) in [6.45, 7) is 7.10. The van der Waals surface area contributed by atoms with Gasteiger partial charge in [0.15, 0.2) is 0 Å². The summed E-state index contributed by atoms with van der Waals surface area (Å²) >= 11 is 0. The van der Waals surface area contributed by atoms with E-state index in [-0.39, 0.29) is 17.7 Å². The van der Waals surface area contributed by atoms with Crippen molar-refractivity contribution < 1.29 is 18.8 Å². The Morgan fingerprint density at radius 1 is 1.12 bits per heavy atom. The van der Waals surface area contributed by atoms with Crippen LogP contribution in [-0.2, 0) is 22.4 Å². The summed E-state index contributed by atoms with van der Waals surface area (Å²) < 4.78 is 5.65. The maximum Gasteiger partial charge on any atom is 0.286 e. The largest absolute Gasteiger partial charge is 0.418 e. The number of para-hydroxylation sites is 1. The Kier molecular flexibility index (Phi) is 6.58. The average Bonchev–Trinajstić information content (AvgIpc) is 3.41. The number of aryl methyl sites for hydroxylation is 1. The lowest BCUT2D eigenvalue weighted by atomic mass is 9.98. The van der Waals surface area contributed by atoms with Crippen LogP contribution in [0, 0.1) is 12.8 Å². The molecule has 1 aliphatic heterocycles. The second kappa shape index (κ2) is 9.59. The number of hydrogen-bond acceptors (Lipinski definition) is 6. The van der Waals surface area contributed by atoms with Crippen molar-refractivity contribution in [2.24, 2.45) is 5.92 Å². The molecule has 0 fully saturated rings. The van der Waals surface area contributed by atoms with Crippen molar-refractivity contribution in [3.05, 3.63) is 77.0 Å². The van der Waals surface area contributed by atoms with Crippen molar-refractivity contribution in [2.45, 2.75) is 52.6 Å². The Hall–Kier alpha value is -3.81. The number of fused-ring (bicyclic) bond motifs is 1. The molecule has 2 atom stereocenters. The van der Waals surface area contributed by atoms with Gasteiger partial charge in [0.25, 0.3) is 5.89 Å². The highest BCUT2D eigenvalue weighted by Crippen LogP contribution is 2.32. The molecule has 4 rings (SSSR count). The maximum absolute atomic E-state index is 13.2. The first-order chi connectivity index (χ1) is 16.2. The van der Waals surface area contributed by atoms with Crippen LogP contribution in [0.2, 0.25) is 0 Å². The van der Waals surface area contributed by atoms with Crippen LogP contribution in [0.4, 0.5) is 5.69 Å². The predicted octanol–water partition coefficient (Wildman–Crippen LogP) is 3.27. The zero-order valence-electron chi connectivity index (χ0n) is 19.7. The molecule has 0 aliphatic carbocycles. The Morgan fingerprint density at radius 3 is 2.59 bits per heavy atom. The zero-order chi connectivity index (χ0) is 24.4. The third kappa shape index (κ3) is 4.76. The predicted molar refractivity (Wildman–Crippen MR) is 126 cm³/mol. The standard InChI is InChI=1S/C26H28N4O4/c1-15(2)23(24(32)26-29-28-22(34-26)13-18-9-7-8-16(3)12-18)27-25(33)21-14-19-10-5-6-11-20(19)30(21)17(4)31/h5-12,15,21,23H,13-14H2,1-4H3,(H,27,33)/t21?,23-/m0/s1. The molecule has 2 amide bonds. The minimum Gasteiger partial charge on any atom is -0.418 e. The molecular weight excluding hydrogens is 432 g/mol. The van der Waals surface area contributed by atoms with Gasteiger partial charge in [-0.2, -0.15) is 0 Å². The van der Waals surface area contributed by atoms with Crippen LogP contribution in [-0.4, -0.2) is 39.9 Å². The topological polar surface area (TPSA) is 105 Å². The molecule has 0 radical (unpaired) electrons. The molecule has 1 aliphatic rings. The Bertz CT molecular complexity index is 1230. The molecule has 1 N–H and O–H groups in total. The molecule has 0 spiro atoms. The molecule has 0 bridgehead atoms. The van der Waals surface area contributed by atoms with Crippen LogP contribution in [0.5, 0.6) is 0 Å². The van der Waals surface area contributed by atoms with Crippen molar-refractivity contribution in [3.8, 4) is 0 Å². The molecule has 8 nitrogen and oxygen atoms in total. The smallest absolute Gasteiger partial charge is 0.286 e. The summed E-state index contributed by atoms with van der Waals surface area (Å²) in [5.74, 6) is -1.10. The summed E-state index contributed by atoms with van der Waals surface area (Å²) in [4.78, 5) is 40.2. The van der Waals surface area contributed by atoms with E-state index in [0.29, 0.717) is 18.7 Å². The molecule has 176 valence electrons. The van der Waals surface area contributed by atoms with Gasteiger partial charge in [-0.05, 0) is 30.0 Å². The highest BCUT2D eigenvalue weighted by Gasteiger charge is 2.39. The summed E-state index contributed by atoms with van der Waals surface area (Å²) in [5.41, 5.74) is 3.76. The molecule has 8 heteroatoms. The van der Waals surface area contributed by atoms with Gasteiger partial charge in [-0.25, -0.2) is 0 Å². The maximum atomic E-state index is 13.2. The van der Waals surface area contributed by atoms with Crippen LogP contribution in [0.25, 0.3) is 0 Å². The van der Waals surface area contributed by atoms with Crippen LogP contribution in [0.15, 0.2) is 52.9 Å². The number of hydrogen-bond donors (Lipinski definition) is 1. The van der Waals surface area contributed by atoms with Gasteiger partial charge in [0.05, 0.1) is 12.5 Å². The Balaban J connectivity index is 1.49. The number of carbonyl (C=O) groups is 3. The zero-order valence-corrected chi connectivity index (χ0v) is 19.7. The second-order valence-corrected chi connectivity index (χ2v) is 9.00. The number of amides is 2. The first kappa shape index (κ1) is 23.4. The third-order valence-electron chi connectivity index (χ3n) is 5.98. The van der Waals surface area contributed by atoms with Crippen molar-refractivity contribution in [1.29, 1.82) is 0 Å². The van der Waals surface area contributed by atoms with E-state index < -0.39 is 23.8 Å². The van der Waals surface area contributed by atoms with Gasteiger partial charge in [0, 0.05) is 19.0 Å². The fourth-order valence-electron chi connectivity index (χ4n) is 4.32. The van der Waals surface area contributed by atoms with E-state index >= 15 is 0 Å². The lowest BCUT2D eigenvalue weighted by Gasteiger charge is -2.26. The van der Waals surface area contributed by atoms with Crippen LogP contribution >= 0.6 is 0 Å². The van der Waals surface area contributed by atoms with E-state index in [9.17, 15) is 14.4 Å². The SMILES string of the molecule is CC(=O)N1c2ccccc2CC1C(=O)N[C@H](C(=O)c1nnc(Cc2cccc(C)c2)o1)C(C)C. The van der Waals surface area contributed by atoms with Gasteiger partial charge in [-0.3, -0.25) is 19.3 Å². The summed E-state index contributed by atoms with van der Waals surface area (Å²) in [6, 6.07) is 13.8. The van der Waals surface area contributed by atoms with E-state index in [0.717, 1.165) is 22.4 Å². The molecule has 34 heavy (non-hydrogen) atoms. The van der Waals surface area contributed by atoms with Gasteiger partial charge in [-0.15, -0.1) is 10.2 Å². The first-order valence-electron chi connectivity index (χ1n) is 11.3.